The molecule has 0 bridgehead atoms. The van der Waals surface area contributed by atoms with Crippen molar-refractivity contribution in [3.63, 3.8) is 0 Å². The average Bonchev–Trinajstić information content (AvgIpc) is 2.39. The molecule has 0 radical (unpaired) electrons. The van der Waals surface area contributed by atoms with Gasteiger partial charge in [-0.3, -0.25) is 4.79 Å². The molecule has 1 N–H and O–H groups in total. The van der Waals surface area contributed by atoms with E-state index in [1.807, 2.05) is 24.3 Å². The fraction of sp³-hybridized carbons (Fsp3) is 0.154. The maximum atomic E-state index is 12.8. The summed E-state index contributed by atoms with van der Waals surface area (Å²) in [5.41, 5.74) is 0.836. The molecule has 0 aliphatic carbocycles. The maximum Gasteiger partial charge on any atom is 0.314 e. The summed E-state index contributed by atoms with van der Waals surface area (Å²) in [5.74, 6) is -2.43. The van der Waals surface area contributed by atoms with Crippen LogP contribution in [0.25, 0.3) is 0 Å². The van der Waals surface area contributed by atoms with E-state index in [-0.39, 0.29) is 12.2 Å². The van der Waals surface area contributed by atoms with Gasteiger partial charge in [-0.25, -0.2) is 14.4 Å². The van der Waals surface area contributed by atoms with Crippen molar-refractivity contribution in [1.82, 2.24) is 9.97 Å². The van der Waals surface area contributed by atoms with E-state index in [4.69, 9.17) is 0 Å². The van der Waals surface area contributed by atoms with Crippen LogP contribution < -0.4 is 0 Å². The van der Waals surface area contributed by atoms with Gasteiger partial charge < -0.3 is 5.11 Å². The molecule has 2 rings (SSSR count). The monoisotopic (exact) mass is 324 g/mol. The molecule has 0 spiro atoms. The van der Waals surface area contributed by atoms with E-state index in [1.165, 1.54) is 0 Å². The fourth-order valence-electron chi connectivity index (χ4n) is 1.68. The Hall–Kier alpha value is -1.82. The summed E-state index contributed by atoms with van der Waals surface area (Å²) in [6, 6.07) is 7.32. The quantitative estimate of drug-likeness (QED) is 0.939. The number of aromatic nitrogens is 2. The average molecular weight is 325 g/mol. The third kappa shape index (κ3) is 3.35. The van der Waals surface area contributed by atoms with Crippen molar-refractivity contribution in [2.24, 2.45) is 0 Å². The summed E-state index contributed by atoms with van der Waals surface area (Å²) < 4.78 is 13.6. The van der Waals surface area contributed by atoms with E-state index < -0.39 is 17.7 Å². The zero-order valence-corrected chi connectivity index (χ0v) is 11.3. The molecule has 19 heavy (non-hydrogen) atoms. The highest BCUT2D eigenvalue weighted by Gasteiger charge is 2.24. The van der Waals surface area contributed by atoms with Crippen LogP contribution in [0.5, 0.6) is 0 Å². The van der Waals surface area contributed by atoms with Crippen LogP contribution in [-0.2, 0) is 11.2 Å². The zero-order valence-electron chi connectivity index (χ0n) is 9.75. The van der Waals surface area contributed by atoms with Gasteiger partial charge in [0.05, 0.1) is 12.4 Å². The number of carboxylic acids is 1. The fourth-order valence-corrected chi connectivity index (χ4v) is 2.12. The van der Waals surface area contributed by atoms with Gasteiger partial charge in [0.2, 0.25) is 0 Å². The number of halogens is 2. The third-order valence-corrected chi connectivity index (χ3v) is 3.41. The number of hydrogen-bond donors (Lipinski definition) is 1. The van der Waals surface area contributed by atoms with Gasteiger partial charge in [-0.1, -0.05) is 34.1 Å². The van der Waals surface area contributed by atoms with Crippen molar-refractivity contribution in [3.8, 4) is 0 Å². The first kappa shape index (κ1) is 13.6. The van der Waals surface area contributed by atoms with Crippen LogP contribution in [-0.4, -0.2) is 21.0 Å². The molecule has 0 saturated carbocycles. The molecule has 2 aromatic rings. The van der Waals surface area contributed by atoms with Gasteiger partial charge in [0.1, 0.15) is 11.7 Å². The van der Waals surface area contributed by atoms with Gasteiger partial charge in [0.25, 0.3) is 0 Å². The van der Waals surface area contributed by atoms with Gasteiger partial charge in [0, 0.05) is 4.47 Å². The number of benzene rings is 1. The molecule has 6 heteroatoms. The van der Waals surface area contributed by atoms with E-state index in [0.29, 0.717) is 0 Å². The largest absolute Gasteiger partial charge is 0.481 e. The summed E-state index contributed by atoms with van der Waals surface area (Å²) in [6.07, 6.45) is 2.18. The van der Waals surface area contributed by atoms with Crippen molar-refractivity contribution in [2.75, 3.05) is 0 Å². The molecule has 1 unspecified atom stereocenters. The van der Waals surface area contributed by atoms with Crippen LogP contribution >= 0.6 is 15.9 Å². The Bertz CT molecular complexity index is 589. The Labute approximate surface area is 117 Å². The second kappa shape index (κ2) is 5.88. The van der Waals surface area contributed by atoms with Crippen molar-refractivity contribution in [3.05, 3.63) is 58.3 Å². The predicted octanol–water partition coefficient (Wildman–Crippen LogP) is 2.79. The van der Waals surface area contributed by atoms with Gasteiger partial charge >= 0.3 is 5.97 Å². The first-order valence-corrected chi connectivity index (χ1v) is 6.31. The standard InChI is InChI=1S/C13H10BrFN2O2/c14-11-4-2-1-3-8(11)5-10(13(18)19)12-16-6-9(15)7-17-12/h1-4,6-7,10H,5H2,(H,18,19). The van der Waals surface area contributed by atoms with Crippen molar-refractivity contribution in [2.45, 2.75) is 12.3 Å². The molecule has 0 aliphatic rings. The van der Waals surface area contributed by atoms with Gasteiger partial charge in [0.15, 0.2) is 5.82 Å². The lowest BCUT2D eigenvalue weighted by atomic mass is 9.98. The molecule has 1 heterocycles. The number of carboxylic acid groups (broad SMARTS) is 1. The topological polar surface area (TPSA) is 63.1 Å². The van der Waals surface area contributed by atoms with E-state index in [1.54, 1.807) is 0 Å². The Morgan fingerprint density at radius 2 is 1.95 bits per heavy atom. The van der Waals surface area contributed by atoms with Gasteiger partial charge in [-0.05, 0) is 18.1 Å². The number of rotatable bonds is 4. The molecule has 4 nitrogen and oxygen atoms in total. The summed E-state index contributed by atoms with van der Waals surface area (Å²) in [5, 5.41) is 9.26. The second-order valence-electron chi connectivity index (χ2n) is 3.95. The SMILES string of the molecule is O=C(O)C(Cc1ccccc1Br)c1ncc(F)cn1. The maximum absolute atomic E-state index is 12.8. The van der Waals surface area contributed by atoms with Crippen LogP contribution in [0.3, 0.4) is 0 Å². The van der Waals surface area contributed by atoms with Crippen LogP contribution in [0.2, 0.25) is 0 Å². The van der Waals surface area contributed by atoms with Crippen LogP contribution in [0, 0.1) is 5.82 Å². The molecule has 0 aliphatic heterocycles. The van der Waals surface area contributed by atoms with Crippen molar-refractivity contribution in [1.29, 1.82) is 0 Å². The summed E-state index contributed by atoms with van der Waals surface area (Å²) in [4.78, 5) is 18.8. The Morgan fingerprint density at radius 1 is 1.32 bits per heavy atom. The number of nitrogens with zero attached hydrogens (tertiary/aromatic N) is 2. The number of aliphatic carboxylic acids is 1. The summed E-state index contributed by atoms with van der Waals surface area (Å²) >= 11 is 3.36. The van der Waals surface area contributed by atoms with Gasteiger partial charge in [-0.15, -0.1) is 0 Å². The van der Waals surface area contributed by atoms with E-state index >= 15 is 0 Å². The highest BCUT2D eigenvalue weighted by molar-refractivity contribution is 9.10. The molecular weight excluding hydrogens is 315 g/mol. The Morgan fingerprint density at radius 3 is 2.53 bits per heavy atom. The highest BCUT2D eigenvalue weighted by Crippen LogP contribution is 2.23. The molecule has 1 atom stereocenters. The van der Waals surface area contributed by atoms with E-state index in [2.05, 4.69) is 25.9 Å². The number of hydrogen-bond acceptors (Lipinski definition) is 3. The van der Waals surface area contributed by atoms with Crippen LogP contribution in [0.1, 0.15) is 17.3 Å². The van der Waals surface area contributed by atoms with E-state index in [0.717, 1.165) is 22.4 Å². The summed E-state index contributed by atoms with van der Waals surface area (Å²) in [7, 11) is 0. The number of carbonyl (C=O) groups is 1. The van der Waals surface area contributed by atoms with Crippen molar-refractivity contribution < 1.29 is 14.3 Å². The zero-order chi connectivity index (χ0) is 13.8. The smallest absolute Gasteiger partial charge is 0.314 e. The normalized spacial score (nSPS) is 12.1. The van der Waals surface area contributed by atoms with Crippen LogP contribution in [0.4, 0.5) is 4.39 Å². The Kier molecular flexibility index (Phi) is 4.21. The minimum absolute atomic E-state index is 0.102. The molecule has 0 fully saturated rings. The lowest BCUT2D eigenvalue weighted by molar-refractivity contribution is -0.139. The lowest BCUT2D eigenvalue weighted by Crippen LogP contribution is -2.17. The first-order valence-electron chi connectivity index (χ1n) is 5.51. The molecule has 98 valence electrons. The lowest BCUT2D eigenvalue weighted by Gasteiger charge is -2.12. The highest BCUT2D eigenvalue weighted by atomic mass is 79.9. The summed E-state index contributed by atoms with van der Waals surface area (Å²) in [6.45, 7) is 0. The molecule has 1 aromatic carbocycles. The van der Waals surface area contributed by atoms with Crippen molar-refractivity contribution >= 4 is 21.9 Å². The van der Waals surface area contributed by atoms with Crippen LogP contribution in [0.15, 0.2) is 41.1 Å². The Balaban J connectivity index is 2.29. The third-order valence-electron chi connectivity index (χ3n) is 2.63. The predicted molar refractivity (Wildman–Crippen MR) is 70.2 cm³/mol. The molecular formula is C13H10BrFN2O2. The molecule has 1 aromatic heterocycles. The van der Waals surface area contributed by atoms with E-state index in [9.17, 15) is 14.3 Å². The minimum atomic E-state index is -1.04. The van der Waals surface area contributed by atoms with Gasteiger partial charge in [-0.2, -0.15) is 0 Å². The molecule has 0 saturated heterocycles. The molecule has 0 amide bonds. The first-order chi connectivity index (χ1) is 9.08. The minimum Gasteiger partial charge on any atom is -0.481 e. The second-order valence-corrected chi connectivity index (χ2v) is 4.80.